The first-order valence-corrected chi connectivity index (χ1v) is 10.9. The number of fused-ring (bicyclic) bond motifs is 1. The van der Waals surface area contributed by atoms with Gasteiger partial charge < -0.3 is 15.6 Å². The molecule has 1 saturated carbocycles. The van der Waals surface area contributed by atoms with E-state index in [-0.39, 0.29) is 0 Å². The van der Waals surface area contributed by atoms with Gasteiger partial charge in [0.2, 0.25) is 5.95 Å². The summed E-state index contributed by atoms with van der Waals surface area (Å²) in [6, 6.07) is 0.374. The fourth-order valence-electron chi connectivity index (χ4n) is 4.54. The summed E-state index contributed by atoms with van der Waals surface area (Å²) in [5, 5.41) is 20.3. The first-order chi connectivity index (χ1) is 14.3. The molecule has 0 atom stereocenters. The normalized spacial score (nSPS) is 21.2. The number of hydrogen-bond donors (Lipinski definition) is 3. The highest BCUT2D eigenvalue weighted by atomic mass is 32.2. The predicted octanol–water partition coefficient (Wildman–Crippen LogP) is 3.55. The second kappa shape index (κ2) is 6.87. The Morgan fingerprint density at radius 1 is 1.17 bits per heavy atom. The van der Waals surface area contributed by atoms with E-state index in [1.165, 1.54) is 11.8 Å². The van der Waals surface area contributed by atoms with Crippen LogP contribution in [0.1, 0.15) is 37.9 Å². The van der Waals surface area contributed by atoms with Crippen LogP contribution in [-0.2, 0) is 0 Å². The van der Waals surface area contributed by atoms with Gasteiger partial charge in [0.25, 0.3) is 0 Å². The molecule has 8 nitrogen and oxygen atoms in total. The summed E-state index contributed by atoms with van der Waals surface area (Å²) in [6.07, 6.45) is 7.48. The van der Waals surface area contributed by atoms with Crippen LogP contribution in [0.5, 0.6) is 0 Å². The van der Waals surface area contributed by atoms with Gasteiger partial charge in [-0.1, -0.05) is 11.8 Å². The summed E-state index contributed by atoms with van der Waals surface area (Å²) >= 11 is 1.38. The van der Waals surface area contributed by atoms with Crippen LogP contribution < -0.4 is 10.2 Å². The molecule has 3 aliphatic rings. The highest BCUT2D eigenvalue weighted by Crippen LogP contribution is 2.51. The van der Waals surface area contributed by atoms with Gasteiger partial charge >= 0.3 is 0 Å². The van der Waals surface area contributed by atoms with Crippen molar-refractivity contribution in [2.75, 3.05) is 23.3 Å². The predicted molar refractivity (Wildman–Crippen MR) is 120 cm³/mol. The van der Waals surface area contributed by atoms with E-state index in [9.17, 15) is 0 Å². The fraction of sp³-hybridized carbons (Fsp3) is 0.429. The minimum atomic E-state index is 0.348. The van der Waals surface area contributed by atoms with Crippen molar-refractivity contribution >= 4 is 39.9 Å². The van der Waals surface area contributed by atoms with Crippen molar-refractivity contribution in [3.63, 3.8) is 0 Å². The molecule has 2 aromatic heterocycles. The van der Waals surface area contributed by atoms with Crippen molar-refractivity contribution in [2.24, 2.45) is 5.41 Å². The van der Waals surface area contributed by atoms with E-state index in [1.807, 2.05) is 26.2 Å². The maximum atomic E-state index is 8.37. The van der Waals surface area contributed by atoms with Crippen LogP contribution in [-0.4, -0.2) is 49.8 Å². The zero-order valence-electron chi connectivity index (χ0n) is 17.3. The Hall–Kier alpha value is -2.81. The van der Waals surface area contributed by atoms with Gasteiger partial charge in [-0.25, -0.2) is 19.9 Å². The molecule has 2 aliphatic heterocycles. The molecular formula is C21H24N8S. The summed E-state index contributed by atoms with van der Waals surface area (Å²) in [5.74, 6) is 1.63. The standard InChI is InChI=1S/C21H24N8S/c1-11-6-24-20(25-7-11)29-8-21(9-29)4-14(5-21)28-19-17-16(26-10-27-19)15(18(23)30-17)12(2)13(3)22/h6-7,10,14,22-23H,4-5,8-9H2,1-3H3,(H,26,27,28)/b15-12-,22-13?,23-18?. The van der Waals surface area contributed by atoms with Crippen LogP contribution >= 0.6 is 11.8 Å². The molecule has 2 aromatic rings. The van der Waals surface area contributed by atoms with Crippen molar-refractivity contribution < 1.29 is 0 Å². The van der Waals surface area contributed by atoms with E-state index in [4.69, 9.17) is 10.8 Å². The van der Waals surface area contributed by atoms with Gasteiger partial charge in [-0.3, -0.25) is 5.41 Å². The molecule has 9 heteroatoms. The van der Waals surface area contributed by atoms with Gasteiger partial charge in [0, 0.05) is 48.2 Å². The minimum Gasteiger partial charge on any atom is -0.366 e. The van der Waals surface area contributed by atoms with Crippen LogP contribution in [0.3, 0.4) is 0 Å². The van der Waals surface area contributed by atoms with Gasteiger partial charge in [0.1, 0.15) is 17.2 Å². The van der Waals surface area contributed by atoms with Gasteiger partial charge in [-0.05, 0) is 44.7 Å². The van der Waals surface area contributed by atoms with E-state index in [2.05, 4.69) is 30.2 Å². The Morgan fingerprint density at radius 2 is 1.87 bits per heavy atom. The minimum absolute atomic E-state index is 0.348. The Balaban J connectivity index is 1.26. The van der Waals surface area contributed by atoms with E-state index in [0.717, 1.165) is 65.0 Å². The molecule has 1 saturated heterocycles. The average molecular weight is 421 g/mol. The number of nitrogens with zero attached hydrogens (tertiary/aromatic N) is 5. The SMILES string of the molecule is CC(=N)/C(C)=C1\C(=N)Sc2c(NC3CC4(C3)CN(c3ncc(C)cn3)C4)ncnc21. The smallest absolute Gasteiger partial charge is 0.225 e. The Kier molecular flexibility index (Phi) is 4.39. The Labute approximate surface area is 179 Å². The number of hydrogen-bond acceptors (Lipinski definition) is 9. The Bertz CT molecular complexity index is 1080. The molecule has 1 spiro atoms. The van der Waals surface area contributed by atoms with Crippen LogP contribution in [0.25, 0.3) is 5.57 Å². The maximum Gasteiger partial charge on any atom is 0.225 e. The van der Waals surface area contributed by atoms with Crippen LogP contribution in [0.2, 0.25) is 0 Å². The van der Waals surface area contributed by atoms with Gasteiger partial charge in [0.05, 0.1) is 10.6 Å². The number of aryl methyl sites for hydroxylation is 1. The van der Waals surface area contributed by atoms with Crippen molar-refractivity contribution in [2.45, 2.75) is 44.6 Å². The highest BCUT2D eigenvalue weighted by molar-refractivity contribution is 8.15. The third kappa shape index (κ3) is 3.08. The molecular weight excluding hydrogens is 396 g/mol. The zero-order chi connectivity index (χ0) is 21.0. The largest absolute Gasteiger partial charge is 0.366 e. The van der Waals surface area contributed by atoms with Gasteiger partial charge in [-0.2, -0.15) is 0 Å². The summed E-state index contributed by atoms with van der Waals surface area (Å²) in [6.45, 7) is 7.63. The average Bonchev–Trinajstić information content (AvgIpc) is 2.99. The maximum absolute atomic E-state index is 8.37. The second-order valence-electron chi connectivity index (χ2n) is 8.62. The van der Waals surface area contributed by atoms with E-state index in [1.54, 1.807) is 13.3 Å². The number of nitrogens with one attached hydrogen (secondary N) is 3. The molecule has 0 amide bonds. The molecule has 0 radical (unpaired) electrons. The quantitative estimate of drug-likeness (QED) is 0.648. The Morgan fingerprint density at radius 3 is 2.53 bits per heavy atom. The third-order valence-electron chi connectivity index (χ3n) is 6.21. The van der Waals surface area contributed by atoms with Crippen molar-refractivity contribution in [3.8, 4) is 0 Å². The lowest BCUT2D eigenvalue weighted by Crippen LogP contribution is -2.65. The van der Waals surface area contributed by atoms with Crippen molar-refractivity contribution in [1.29, 1.82) is 10.8 Å². The first-order valence-electron chi connectivity index (χ1n) is 10.0. The fourth-order valence-corrected chi connectivity index (χ4v) is 5.56. The number of rotatable bonds is 4. The van der Waals surface area contributed by atoms with E-state index in [0.29, 0.717) is 22.2 Å². The second-order valence-corrected chi connectivity index (χ2v) is 9.64. The lowest BCUT2D eigenvalue weighted by Gasteiger charge is -2.59. The van der Waals surface area contributed by atoms with Crippen molar-refractivity contribution in [1.82, 2.24) is 19.9 Å². The molecule has 1 aliphatic carbocycles. The molecule has 0 aromatic carbocycles. The first kappa shape index (κ1) is 19.2. The van der Waals surface area contributed by atoms with E-state index >= 15 is 0 Å². The molecule has 4 heterocycles. The third-order valence-corrected chi connectivity index (χ3v) is 7.21. The molecule has 3 N–H and O–H groups in total. The van der Waals surface area contributed by atoms with Crippen LogP contribution in [0.15, 0.2) is 29.2 Å². The summed E-state index contributed by atoms with van der Waals surface area (Å²) in [7, 11) is 0. The summed E-state index contributed by atoms with van der Waals surface area (Å²) in [4.78, 5) is 20.9. The monoisotopic (exact) mass is 420 g/mol. The highest BCUT2D eigenvalue weighted by Gasteiger charge is 2.53. The molecule has 0 unspecified atom stereocenters. The molecule has 154 valence electrons. The van der Waals surface area contributed by atoms with E-state index < -0.39 is 0 Å². The molecule has 30 heavy (non-hydrogen) atoms. The topological polar surface area (TPSA) is 115 Å². The summed E-state index contributed by atoms with van der Waals surface area (Å²) in [5.41, 5.74) is 4.21. The summed E-state index contributed by atoms with van der Waals surface area (Å²) < 4.78 is 0. The lowest BCUT2D eigenvalue weighted by molar-refractivity contribution is 0.0735. The number of allylic oxidation sites excluding steroid dienone is 1. The van der Waals surface area contributed by atoms with Crippen LogP contribution in [0.4, 0.5) is 11.8 Å². The number of anilines is 2. The van der Waals surface area contributed by atoms with Crippen LogP contribution in [0, 0.1) is 23.2 Å². The molecule has 5 rings (SSSR count). The zero-order valence-corrected chi connectivity index (χ0v) is 18.1. The van der Waals surface area contributed by atoms with Crippen molar-refractivity contribution in [3.05, 3.63) is 35.6 Å². The molecule has 0 bridgehead atoms. The lowest BCUT2D eigenvalue weighted by atomic mass is 9.60. The van der Waals surface area contributed by atoms with Gasteiger partial charge in [-0.15, -0.1) is 0 Å². The van der Waals surface area contributed by atoms with Gasteiger partial charge in [0.15, 0.2) is 0 Å². The molecule has 2 fully saturated rings. The number of thioether (sulfide) groups is 1. The number of aromatic nitrogens is 4.